The van der Waals surface area contributed by atoms with Crippen LogP contribution in [0.4, 0.5) is 0 Å². The highest BCUT2D eigenvalue weighted by atomic mass is 16.6. The van der Waals surface area contributed by atoms with Crippen LogP contribution in [-0.4, -0.2) is 31.1 Å². The molecule has 1 amide bonds. The van der Waals surface area contributed by atoms with Gasteiger partial charge in [-0.3, -0.25) is 4.79 Å². The van der Waals surface area contributed by atoms with Gasteiger partial charge in [-0.15, -0.1) is 0 Å². The molecule has 1 aliphatic heterocycles. The summed E-state index contributed by atoms with van der Waals surface area (Å²) in [6.45, 7) is 4.23. The first kappa shape index (κ1) is 15.1. The van der Waals surface area contributed by atoms with E-state index in [0.29, 0.717) is 12.1 Å². The molecular weight excluding hydrogens is 270 g/mol. The van der Waals surface area contributed by atoms with Gasteiger partial charge < -0.3 is 14.8 Å². The van der Waals surface area contributed by atoms with Crippen molar-refractivity contribution in [3.8, 4) is 5.75 Å². The van der Waals surface area contributed by atoms with Gasteiger partial charge in [0.05, 0.1) is 5.57 Å². The van der Waals surface area contributed by atoms with Crippen LogP contribution in [0.25, 0.3) is 6.08 Å². The molecule has 5 nitrogen and oxygen atoms in total. The van der Waals surface area contributed by atoms with Crippen molar-refractivity contribution >= 4 is 18.0 Å². The van der Waals surface area contributed by atoms with E-state index in [1.165, 1.54) is 0 Å². The van der Waals surface area contributed by atoms with Crippen molar-refractivity contribution in [1.29, 1.82) is 0 Å². The van der Waals surface area contributed by atoms with E-state index in [1.807, 2.05) is 31.2 Å². The number of hydrogen-bond acceptors (Lipinski definition) is 4. The lowest BCUT2D eigenvalue weighted by Crippen LogP contribution is -2.36. The van der Waals surface area contributed by atoms with Crippen LogP contribution in [0.1, 0.15) is 25.8 Å². The molecule has 5 heteroatoms. The van der Waals surface area contributed by atoms with Gasteiger partial charge in [-0.05, 0) is 25.5 Å². The molecule has 0 saturated heterocycles. The molecule has 1 aromatic carbocycles. The molecule has 2 rings (SSSR count). The highest BCUT2D eigenvalue weighted by molar-refractivity contribution is 5.96. The van der Waals surface area contributed by atoms with Crippen LogP contribution >= 0.6 is 0 Å². The van der Waals surface area contributed by atoms with Crippen molar-refractivity contribution in [2.24, 2.45) is 0 Å². The molecule has 0 saturated carbocycles. The third kappa shape index (κ3) is 3.84. The average molecular weight is 289 g/mol. The summed E-state index contributed by atoms with van der Waals surface area (Å²) >= 11 is 0. The van der Waals surface area contributed by atoms with E-state index in [-0.39, 0.29) is 12.5 Å². The van der Waals surface area contributed by atoms with Gasteiger partial charge in [0, 0.05) is 12.1 Å². The van der Waals surface area contributed by atoms with Crippen molar-refractivity contribution in [2.75, 3.05) is 13.2 Å². The number of para-hydroxylation sites is 1. The van der Waals surface area contributed by atoms with Crippen LogP contribution in [-0.2, 0) is 14.3 Å². The Morgan fingerprint density at radius 3 is 2.90 bits per heavy atom. The van der Waals surface area contributed by atoms with Crippen molar-refractivity contribution in [1.82, 2.24) is 5.32 Å². The Morgan fingerprint density at radius 1 is 1.38 bits per heavy atom. The van der Waals surface area contributed by atoms with Gasteiger partial charge >= 0.3 is 5.97 Å². The maximum absolute atomic E-state index is 12.0. The topological polar surface area (TPSA) is 64.6 Å². The Morgan fingerprint density at radius 2 is 2.14 bits per heavy atom. The molecule has 1 heterocycles. The lowest BCUT2D eigenvalue weighted by atomic mass is 10.1. The number of hydrogen-bond donors (Lipinski definition) is 1. The standard InChI is InChI=1S/C16H19NO4/c1-3-8-17-15(18)11(2)21-16(19)13-9-12-6-4-5-7-14(12)20-10-13/h4-7,9,11H,3,8,10H2,1-2H3,(H,17,18). The first-order chi connectivity index (χ1) is 10.1. The highest BCUT2D eigenvalue weighted by Gasteiger charge is 2.22. The van der Waals surface area contributed by atoms with Gasteiger partial charge in [-0.2, -0.15) is 0 Å². The van der Waals surface area contributed by atoms with Gasteiger partial charge in [0.2, 0.25) is 0 Å². The Labute approximate surface area is 123 Å². The molecule has 1 aliphatic rings. The van der Waals surface area contributed by atoms with Crippen LogP contribution in [0.5, 0.6) is 5.75 Å². The van der Waals surface area contributed by atoms with E-state index >= 15 is 0 Å². The van der Waals surface area contributed by atoms with Crippen LogP contribution in [0.3, 0.4) is 0 Å². The third-order valence-corrected chi connectivity index (χ3v) is 3.10. The first-order valence-corrected chi connectivity index (χ1v) is 7.03. The van der Waals surface area contributed by atoms with Crippen molar-refractivity contribution in [2.45, 2.75) is 26.4 Å². The minimum Gasteiger partial charge on any atom is -0.488 e. The molecule has 0 fully saturated rings. The lowest BCUT2D eigenvalue weighted by molar-refractivity contribution is -0.151. The number of benzene rings is 1. The van der Waals surface area contributed by atoms with Crippen LogP contribution in [0.2, 0.25) is 0 Å². The summed E-state index contributed by atoms with van der Waals surface area (Å²) in [5.41, 5.74) is 1.24. The second kappa shape index (κ2) is 6.92. The van der Waals surface area contributed by atoms with Crippen LogP contribution in [0.15, 0.2) is 29.8 Å². The molecule has 0 aromatic heterocycles. The molecule has 1 unspecified atom stereocenters. The van der Waals surface area contributed by atoms with Crippen molar-refractivity contribution in [3.63, 3.8) is 0 Å². The maximum Gasteiger partial charge on any atom is 0.338 e. The molecular formula is C16H19NO4. The van der Waals surface area contributed by atoms with Gasteiger partial charge in [0.15, 0.2) is 6.10 Å². The number of ether oxygens (including phenoxy) is 2. The van der Waals surface area contributed by atoms with Crippen LogP contribution < -0.4 is 10.1 Å². The summed E-state index contributed by atoms with van der Waals surface area (Å²) < 4.78 is 10.7. The Balaban J connectivity index is 1.98. The Kier molecular flexibility index (Phi) is 4.98. The number of rotatable bonds is 5. The monoisotopic (exact) mass is 289 g/mol. The summed E-state index contributed by atoms with van der Waals surface area (Å²) in [5, 5.41) is 2.69. The molecule has 1 N–H and O–H groups in total. The van der Waals surface area contributed by atoms with E-state index in [4.69, 9.17) is 9.47 Å². The first-order valence-electron chi connectivity index (χ1n) is 7.03. The predicted molar refractivity (Wildman–Crippen MR) is 78.8 cm³/mol. The molecule has 0 bridgehead atoms. The fraction of sp³-hybridized carbons (Fsp3) is 0.375. The minimum absolute atomic E-state index is 0.152. The number of nitrogens with one attached hydrogen (secondary N) is 1. The largest absolute Gasteiger partial charge is 0.488 e. The number of fused-ring (bicyclic) bond motifs is 1. The summed E-state index contributed by atoms with van der Waals surface area (Å²) in [5.74, 6) is -0.0747. The van der Waals surface area contributed by atoms with Gasteiger partial charge in [0.1, 0.15) is 12.4 Å². The fourth-order valence-corrected chi connectivity index (χ4v) is 1.92. The average Bonchev–Trinajstić information content (AvgIpc) is 2.51. The quantitative estimate of drug-likeness (QED) is 0.841. The Bertz CT molecular complexity index is 565. The zero-order chi connectivity index (χ0) is 15.2. The normalized spacial score (nSPS) is 14.3. The zero-order valence-corrected chi connectivity index (χ0v) is 12.2. The van der Waals surface area contributed by atoms with Crippen LogP contribution in [0, 0.1) is 0 Å². The minimum atomic E-state index is -0.817. The molecule has 21 heavy (non-hydrogen) atoms. The molecule has 0 radical (unpaired) electrons. The summed E-state index contributed by atoms with van der Waals surface area (Å²) in [4.78, 5) is 23.7. The van der Waals surface area contributed by atoms with E-state index in [2.05, 4.69) is 5.32 Å². The highest BCUT2D eigenvalue weighted by Crippen LogP contribution is 2.26. The number of esters is 1. The van der Waals surface area contributed by atoms with Gasteiger partial charge in [-0.1, -0.05) is 25.1 Å². The summed E-state index contributed by atoms with van der Waals surface area (Å²) in [7, 11) is 0. The van der Waals surface area contributed by atoms with E-state index < -0.39 is 12.1 Å². The Hall–Kier alpha value is -2.30. The molecule has 112 valence electrons. The van der Waals surface area contributed by atoms with E-state index in [9.17, 15) is 9.59 Å². The van der Waals surface area contributed by atoms with E-state index in [0.717, 1.165) is 17.7 Å². The smallest absolute Gasteiger partial charge is 0.338 e. The molecule has 1 aromatic rings. The second-order valence-corrected chi connectivity index (χ2v) is 4.83. The number of carbonyl (C=O) groups excluding carboxylic acids is 2. The van der Waals surface area contributed by atoms with Crippen molar-refractivity contribution < 1.29 is 19.1 Å². The fourth-order valence-electron chi connectivity index (χ4n) is 1.92. The zero-order valence-electron chi connectivity index (χ0n) is 12.2. The van der Waals surface area contributed by atoms with Gasteiger partial charge in [0.25, 0.3) is 5.91 Å². The predicted octanol–water partition coefficient (Wildman–Crippen LogP) is 1.92. The SMILES string of the molecule is CCCNC(=O)C(C)OC(=O)C1=Cc2ccccc2OC1. The number of amides is 1. The van der Waals surface area contributed by atoms with Crippen molar-refractivity contribution in [3.05, 3.63) is 35.4 Å². The second-order valence-electron chi connectivity index (χ2n) is 4.83. The van der Waals surface area contributed by atoms with E-state index in [1.54, 1.807) is 13.0 Å². The summed E-state index contributed by atoms with van der Waals surface area (Å²) in [6.07, 6.45) is 1.75. The third-order valence-electron chi connectivity index (χ3n) is 3.10. The molecule has 0 aliphatic carbocycles. The number of carbonyl (C=O) groups is 2. The maximum atomic E-state index is 12.0. The van der Waals surface area contributed by atoms with Gasteiger partial charge in [-0.25, -0.2) is 4.79 Å². The molecule has 0 spiro atoms. The lowest BCUT2D eigenvalue weighted by Gasteiger charge is -2.18. The molecule has 1 atom stereocenters. The summed E-state index contributed by atoms with van der Waals surface area (Å²) in [6, 6.07) is 7.44.